The maximum atomic E-state index is 13.9. The van der Waals surface area contributed by atoms with Crippen LogP contribution in [0.1, 0.15) is 34.8 Å². The summed E-state index contributed by atoms with van der Waals surface area (Å²) in [4.78, 5) is 14.1. The number of hydrogen-bond donors (Lipinski definition) is 0. The second-order valence-electron chi connectivity index (χ2n) is 5.51. The molecule has 3 rings (SSSR count). The van der Waals surface area contributed by atoms with Crippen LogP contribution < -0.4 is 0 Å². The summed E-state index contributed by atoms with van der Waals surface area (Å²) in [6.07, 6.45) is 5.03. The van der Waals surface area contributed by atoms with Gasteiger partial charge in [-0.3, -0.25) is 4.79 Å². The fourth-order valence-corrected chi connectivity index (χ4v) is 2.76. The van der Waals surface area contributed by atoms with Crippen molar-refractivity contribution >= 4 is 5.91 Å². The lowest BCUT2D eigenvalue weighted by Gasteiger charge is -2.32. The largest absolute Gasteiger partial charge is 0.336 e. The predicted molar refractivity (Wildman–Crippen MR) is 75.3 cm³/mol. The lowest BCUT2D eigenvalue weighted by atomic mass is 10.0. The smallest absolute Gasteiger partial charge is 0.256 e. The molecular formula is C15H16F2N4O. The molecule has 0 spiro atoms. The van der Waals surface area contributed by atoms with Crippen LogP contribution in [-0.4, -0.2) is 38.9 Å². The molecule has 1 fully saturated rings. The number of amides is 1. The molecule has 22 heavy (non-hydrogen) atoms. The van der Waals surface area contributed by atoms with Crippen molar-refractivity contribution in [1.82, 2.24) is 19.9 Å². The zero-order chi connectivity index (χ0) is 15.7. The summed E-state index contributed by atoms with van der Waals surface area (Å²) in [5.74, 6) is -1.88. The van der Waals surface area contributed by atoms with E-state index in [2.05, 4.69) is 10.3 Å². The number of benzene rings is 1. The van der Waals surface area contributed by atoms with Gasteiger partial charge in [-0.25, -0.2) is 13.5 Å². The molecule has 0 N–H and O–H groups in total. The van der Waals surface area contributed by atoms with Crippen LogP contribution in [0.3, 0.4) is 0 Å². The number of likely N-dealkylation sites (tertiary alicyclic amines) is 1. The summed E-state index contributed by atoms with van der Waals surface area (Å²) >= 11 is 0. The second kappa shape index (κ2) is 5.82. The van der Waals surface area contributed by atoms with E-state index in [-0.39, 0.29) is 17.2 Å². The Kier molecular flexibility index (Phi) is 3.87. The Bertz CT molecular complexity index is 687. The normalized spacial score (nSPS) is 18.5. The molecule has 1 aliphatic rings. The molecule has 1 unspecified atom stereocenters. The van der Waals surface area contributed by atoms with Crippen molar-refractivity contribution in [2.75, 3.05) is 13.1 Å². The maximum Gasteiger partial charge on any atom is 0.256 e. The number of aromatic nitrogens is 3. The molecule has 1 aliphatic heterocycles. The van der Waals surface area contributed by atoms with Gasteiger partial charge in [0.25, 0.3) is 5.91 Å². The van der Waals surface area contributed by atoms with Gasteiger partial charge in [0.15, 0.2) is 0 Å². The number of nitrogens with zero attached hydrogens (tertiary/aromatic N) is 4. The molecular weight excluding hydrogens is 290 g/mol. The van der Waals surface area contributed by atoms with Crippen molar-refractivity contribution < 1.29 is 13.6 Å². The van der Waals surface area contributed by atoms with Gasteiger partial charge in [-0.1, -0.05) is 5.21 Å². The number of piperidine rings is 1. The van der Waals surface area contributed by atoms with Gasteiger partial charge in [0, 0.05) is 25.4 Å². The van der Waals surface area contributed by atoms with Crippen molar-refractivity contribution in [2.24, 2.45) is 0 Å². The zero-order valence-corrected chi connectivity index (χ0v) is 12.2. The first-order chi connectivity index (χ1) is 10.6. The van der Waals surface area contributed by atoms with Crippen molar-refractivity contribution in [2.45, 2.75) is 25.8 Å². The highest BCUT2D eigenvalue weighted by Crippen LogP contribution is 2.23. The first-order valence-electron chi connectivity index (χ1n) is 7.17. The van der Waals surface area contributed by atoms with E-state index in [4.69, 9.17) is 0 Å². The van der Waals surface area contributed by atoms with Gasteiger partial charge < -0.3 is 4.90 Å². The number of aryl methyl sites for hydroxylation is 1. The average Bonchev–Trinajstić information content (AvgIpc) is 3.05. The molecule has 0 bridgehead atoms. The number of hydrogen-bond acceptors (Lipinski definition) is 3. The zero-order valence-electron chi connectivity index (χ0n) is 12.2. The summed E-state index contributed by atoms with van der Waals surface area (Å²) in [6, 6.07) is 2.07. The van der Waals surface area contributed by atoms with E-state index < -0.39 is 17.5 Å². The van der Waals surface area contributed by atoms with Gasteiger partial charge in [0.1, 0.15) is 11.6 Å². The molecule has 0 aliphatic carbocycles. The molecule has 0 radical (unpaired) electrons. The Hall–Kier alpha value is -2.31. The molecule has 1 amide bonds. The highest BCUT2D eigenvalue weighted by Gasteiger charge is 2.27. The Morgan fingerprint density at radius 3 is 2.86 bits per heavy atom. The van der Waals surface area contributed by atoms with Crippen LogP contribution in [0.25, 0.3) is 0 Å². The van der Waals surface area contributed by atoms with Crippen LogP contribution in [0.2, 0.25) is 0 Å². The molecule has 1 atom stereocenters. The van der Waals surface area contributed by atoms with Crippen LogP contribution in [0.5, 0.6) is 0 Å². The summed E-state index contributed by atoms with van der Waals surface area (Å²) < 4.78 is 28.9. The highest BCUT2D eigenvalue weighted by molar-refractivity contribution is 5.94. The van der Waals surface area contributed by atoms with Gasteiger partial charge in [0.2, 0.25) is 0 Å². The van der Waals surface area contributed by atoms with Crippen molar-refractivity contribution in [3.05, 3.63) is 47.3 Å². The lowest BCUT2D eigenvalue weighted by Crippen LogP contribution is -2.41. The van der Waals surface area contributed by atoms with E-state index in [0.29, 0.717) is 13.1 Å². The Morgan fingerprint density at radius 1 is 1.32 bits per heavy atom. The van der Waals surface area contributed by atoms with Crippen LogP contribution in [-0.2, 0) is 0 Å². The summed E-state index contributed by atoms with van der Waals surface area (Å²) in [5.41, 5.74) is 0.174. The standard InChI is InChI=1S/C15H16F2N4O/c1-10-7-12(14(17)8-13(10)16)15(22)20-5-2-3-11(9-20)21-6-4-18-19-21/h4,6-8,11H,2-3,5,9H2,1H3. The van der Waals surface area contributed by atoms with E-state index in [1.54, 1.807) is 22.0 Å². The molecule has 0 saturated carbocycles. The van der Waals surface area contributed by atoms with Crippen molar-refractivity contribution in [3.8, 4) is 0 Å². The van der Waals surface area contributed by atoms with Gasteiger partial charge in [0.05, 0.1) is 17.8 Å². The third kappa shape index (κ3) is 2.70. The molecule has 1 aromatic carbocycles. The van der Waals surface area contributed by atoms with Crippen molar-refractivity contribution in [1.29, 1.82) is 0 Å². The third-order valence-corrected chi connectivity index (χ3v) is 3.98. The lowest BCUT2D eigenvalue weighted by molar-refractivity contribution is 0.0667. The average molecular weight is 306 g/mol. The first kappa shape index (κ1) is 14.6. The molecule has 7 heteroatoms. The Morgan fingerprint density at radius 2 is 2.14 bits per heavy atom. The predicted octanol–water partition coefficient (Wildman–Crippen LogP) is 2.34. The molecule has 2 aromatic rings. The number of halogens is 2. The van der Waals surface area contributed by atoms with Crippen LogP contribution in [0, 0.1) is 18.6 Å². The molecule has 5 nitrogen and oxygen atoms in total. The number of rotatable bonds is 2. The minimum absolute atomic E-state index is 0.0322. The molecule has 1 aromatic heterocycles. The van der Waals surface area contributed by atoms with Crippen LogP contribution in [0.4, 0.5) is 8.78 Å². The summed E-state index contributed by atoms with van der Waals surface area (Å²) in [7, 11) is 0. The Labute approximate surface area is 126 Å². The SMILES string of the molecule is Cc1cc(C(=O)N2CCCC(n3ccnn3)C2)c(F)cc1F. The van der Waals surface area contributed by atoms with Gasteiger partial charge in [-0.2, -0.15) is 0 Å². The Balaban J connectivity index is 1.81. The summed E-state index contributed by atoms with van der Waals surface area (Å²) in [5, 5.41) is 7.72. The van der Waals surface area contributed by atoms with E-state index >= 15 is 0 Å². The van der Waals surface area contributed by atoms with Gasteiger partial charge in [-0.15, -0.1) is 5.10 Å². The van der Waals surface area contributed by atoms with Gasteiger partial charge in [-0.05, 0) is 31.4 Å². The quantitative estimate of drug-likeness (QED) is 0.856. The second-order valence-corrected chi connectivity index (χ2v) is 5.51. The van der Waals surface area contributed by atoms with Crippen molar-refractivity contribution in [3.63, 3.8) is 0 Å². The molecule has 1 saturated heterocycles. The first-order valence-corrected chi connectivity index (χ1v) is 7.17. The van der Waals surface area contributed by atoms with E-state index in [1.165, 1.54) is 13.0 Å². The fourth-order valence-electron chi connectivity index (χ4n) is 2.76. The van der Waals surface area contributed by atoms with E-state index in [9.17, 15) is 13.6 Å². The molecule has 2 heterocycles. The monoisotopic (exact) mass is 306 g/mol. The number of carbonyl (C=O) groups excluding carboxylic acids is 1. The van der Waals surface area contributed by atoms with E-state index in [0.717, 1.165) is 18.9 Å². The minimum atomic E-state index is -0.823. The van der Waals surface area contributed by atoms with E-state index in [1.807, 2.05) is 0 Å². The topological polar surface area (TPSA) is 51.0 Å². The number of carbonyl (C=O) groups is 1. The summed E-state index contributed by atoms with van der Waals surface area (Å²) in [6.45, 7) is 2.51. The highest BCUT2D eigenvalue weighted by atomic mass is 19.1. The van der Waals surface area contributed by atoms with Crippen LogP contribution >= 0.6 is 0 Å². The maximum absolute atomic E-state index is 13.9. The fraction of sp³-hybridized carbons (Fsp3) is 0.400. The third-order valence-electron chi connectivity index (χ3n) is 3.98. The van der Waals surface area contributed by atoms with Crippen LogP contribution in [0.15, 0.2) is 24.5 Å². The molecule has 116 valence electrons. The van der Waals surface area contributed by atoms with Gasteiger partial charge >= 0.3 is 0 Å². The minimum Gasteiger partial charge on any atom is -0.336 e.